The van der Waals surface area contributed by atoms with E-state index in [9.17, 15) is 5.11 Å². The van der Waals surface area contributed by atoms with Gasteiger partial charge in [0.2, 0.25) is 0 Å². The third-order valence-corrected chi connectivity index (χ3v) is 5.28. The van der Waals surface area contributed by atoms with Crippen LogP contribution < -0.4 is 0 Å². The van der Waals surface area contributed by atoms with Crippen LogP contribution in [0.5, 0.6) is 0 Å². The first kappa shape index (κ1) is 19.2. The Hall–Kier alpha value is -3.17. The van der Waals surface area contributed by atoms with Gasteiger partial charge < -0.3 is 9.63 Å². The lowest BCUT2D eigenvalue weighted by Crippen LogP contribution is -2.01. The summed E-state index contributed by atoms with van der Waals surface area (Å²) in [5.74, 6) is 0.661. The van der Waals surface area contributed by atoms with Gasteiger partial charge in [0.05, 0.1) is 17.4 Å². The van der Waals surface area contributed by atoms with Crippen molar-refractivity contribution in [3.8, 4) is 22.5 Å². The Bertz CT molecular complexity index is 1040. The average Bonchev–Trinajstić information content (AvgIpc) is 3.16. The molecule has 1 unspecified atom stereocenters. The Kier molecular flexibility index (Phi) is 5.87. The fourth-order valence-electron chi connectivity index (χ4n) is 3.71. The number of aryl methyl sites for hydroxylation is 2. The molecule has 1 heterocycles. The van der Waals surface area contributed by atoms with Crippen molar-refractivity contribution < 1.29 is 9.63 Å². The molecule has 0 spiro atoms. The summed E-state index contributed by atoms with van der Waals surface area (Å²) in [5, 5.41) is 15.0. The molecule has 4 rings (SSSR count). The first-order chi connectivity index (χ1) is 14.2. The summed E-state index contributed by atoms with van der Waals surface area (Å²) in [4.78, 5) is 0. The fraction of sp³-hybridized carbons (Fsp3) is 0.192. The zero-order valence-corrected chi connectivity index (χ0v) is 16.6. The second-order valence-electron chi connectivity index (χ2n) is 7.35. The molecule has 0 aliphatic carbocycles. The number of aliphatic hydroxyl groups excluding tert-OH is 1. The van der Waals surface area contributed by atoms with E-state index in [0.717, 1.165) is 35.2 Å². The Balaban J connectivity index is 1.49. The second kappa shape index (κ2) is 8.89. The summed E-state index contributed by atoms with van der Waals surface area (Å²) in [6.07, 6.45) is 1.94. The number of aromatic nitrogens is 1. The molecule has 1 aromatic heterocycles. The van der Waals surface area contributed by atoms with Gasteiger partial charge >= 0.3 is 0 Å². The summed E-state index contributed by atoms with van der Waals surface area (Å²) in [6, 6.07) is 28.8. The molecule has 146 valence electrons. The summed E-state index contributed by atoms with van der Waals surface area (Å²) in [6.45, 7) is 1.89. The van der Waals surface area contributed by atoms with Gasteiger partial charge in [-0.05, 0) is 42.9 Å². The van der Waals surface area contributed by atoms with Crippen LogP contribution in [0.4, 0.5) is 0 Å². The van der Waals surface area contributed by atoms with E-state index >= 15 is 0 Å². The van der Waals surface area contributed by atoms with Crippen molar-refractivity contribution in [1.82, 2.24) is 5.16 Å². The molecule has 1 atom stereocenters. The molecule has 4 aromatic rings. The molecule has 0 aliphatic rings. The molecule has 0 aliphatic heterocycles. The molecular weight excluding hydrogens is 358 g/mol. The SMILES string of the molecule is Cc1noc(-c2ccc(-c3ccccc3)cc2)c1C(O)CCCc1ccccc1. The highest BCUT2D eigenvalue weighted by Gasteiger charge is 2.21. The number of hydrogen-bond donors (Lipinski definition) is 1. The molecule has 29 heavy (non-hydrogen) atoms. The minimum Gasteiger partial charge on any atom is -0.388 e. The maximum atomic E-state index is 10.8. The fourth-order valence-corrected chi connectivity index (χ4v) is 3.71. The van der Waals surface area contributed by atoms with Crippen LogP contribution in [0.2, 0.25) is 0 Å². The third kappa shape index (κ3) is 4.47. The molecule has 0 radical (unpaired) electrons. The highest BCUT2D eigenvalue weighted by atomic mass is 16.5. The normalized spacial score (nSPS) is 12.1. The molecule has 0 fully saturated rings. The van der Waals surface area contributed by atoms with Crippen molar-refractivity contribution >= 4 is 0 Å². The Labute approximate surface area is 171 Å². The summed E-state index contributed by atoms with van der Waals surface area (Å²) in [7, 11) is 0. The predicted molar refractivity (Wildman–Crippen MR) is 116 cm³/mol. The standard InChI is InChI=1S/C26H25NO2/c1-19-25(24(28)14-8-11-20-9-4-2-5-10-20)26(29-27-19)23-17-15-22(16-18-23)21-12-6-3-7-13-21/h2-7,9-10,12-13,15-18,24,28H,8,11,14H2,1H3. The molecule has 0 bridgehead atoms. The zero-order valence-electron chi connectivity index (χ0n) is 16.6. The Morgan fingerprint density at radius 1 is 0.793 bits per heavy atom. The summed E-state index contributed by atoms with van der Waals surface area (Å²) >= 11 is 0. The van der Waals surface area contributed by atoms with Crippen molar-refractivity contribution in [2.24, 2.45) is 0 Å². The average molecular weight is 383 g/mol. The van der Waals surface area contributed by atoms with E-state index in [-0.39, 0.29) is 0 Å². The molecular formula is C26H25NO2. The van der Waals surface area contributed by atoms with Gasteiger partial charge in [0.25, 0.3) is 0 Å². The molecule has 1 N–H and O–H groups in total. The van der Waals surface area contributed by atoms with Gasteiger partial charge in [0.15, 0.2) is 5.76 Å². The van der Waals surface area contributed by atoms with Gasteiger partial charge in [-0.1, -0.05) is 90.1 Å². The van der Waals surface area contributed by atoms with Crippen LogP contribution in [0.1, 0.15) is 35.8 Å². The quantitative estimate of drug-likeness (QED) is 0.403. The van der Waals surface area contributed by atoms with Gasteiger partial charge in [-0.2, -0.15) is 0 Å². The van der Waals surface area contributed by atoms with E-state index < -0.39 is 6.10 Å². The van der Waals surface area contributed by atoms with Crippen LogP contribution in [-0.4, -0.2) is 10.3 Å². The van der Waals surface area contributed by atoms with Gasteiger partial charge in [-0.15, -0.1) is 0 Å². The van der Waals surface area contributed by atoms with E-state index in [1.165, 1.54) is 11.1 Å². The predicted octanol–water partition coefficient (Wildman–Crippen LogP) is 6.37. The van der Waals surface area contributed by atoms with Crippen molar-refractivity contribution in [3.05, 3.63) is 102 Å². The maximum Gasteiger partial charge on any atom is 0.172 e. The topological polar surface area (TPSA) is 46.3 Å². The zero-order chi connectivity index (χ0) is 20.1. The van der Waals surface area contributed by atoms with E-state index in [1.807, 2.05) is 55.5 Å². The number of nitrogens with zero attached hydrogens (tertiary/aromatic N) is 1. The lowest BCUT2D eigenvalue weighted by molar-refractivity contribution is 0.164. The van der Waals surface area contributed by atoms with Crippen LogP contribution in [0.15, 0.2) is 89.5 Å². The van der Waals surface area contributed by atoms with Gasteiger partial charge in [-0.25, -0.2) is 0 Å². The second-order valence-corrected chi connectivity index (χ2v) is 7.35. The lowest BCUT2D eigenvalue weighted by atomic mass is 9.96. The maximum absolute atomic E-state index is 10.8. The van der Waals surface area contributed by atoms with Gasteiger partial charge in [0, 0.05) is 5.56 Å². The van der Waals surface area contributed by atoms with E-state index in [2.05, 4.69) is 41.6 Å². The van der Waals surface area contributed by atoms with Crippen LogP contribution in [0.3, 0.4) is 0 Å². The van der Waals surface area contributed by atoms with Gasteiger partial charge in [0.1, 0.15) is 0 Å². The third-order valence-electron chi connectivity index (χ3n) is 5.28. The van der Waals surface area contributed by atoms with Crippen LogP contribution in [0, 0.1) is 6.92 Å². The monoisotopic (exact) mass is 383 g/mol. The minimum absolute atomic E-state index is 0.589. The summed E-state index contributed by atoms with van der Waals surface area (Å²) < 4.78 is 5.60. The molecule has 0 saturated carbocycles. The van der Waals surface area contributed by atoms with Crippen molar-refractivity contribution in [2.45, 2.75) is 32.3 Å². The van der Waals surface area contributed by atoms with Crippen molar-refractivity contribution in [3.63, 3.8) is 0 Å². The largest absolute Gasteiger partial charge is 0.388 e. The smallest absolute Gasteiger partial charge is 0.172 e. The van der Waals surface area contributed by atoms with Crippen LogP contribution in [-0.2, 0) is 6.42 Å². The minimum atomic E-state index is -0.589. The van der Waals surface area contributed by atoms with Crippen molar-refractivity contribution in [2.75, 3.05) is 0 Å². The molecule has 0 amide bonds. The van der Waals surface area contributed by atoms with Gasteiger partial charge in [-0.3, -0.25) is 0 Å². The number of hydrogen-bond acceptors (Lipinski definition) is 3. The highest BCUT2D eigenvalue weighted by Crippen LogP contribution is 2.34. The molecule has 3 nitrogen and oxygen atoms in total. The molecule has 0 saturated heterocycles. The van der Waals surface area contributed by atoms with E-state index in [4.69, 9.17) is 4.52 Å². The lowest BCUT2D eigenvalue weighted by Gasteiger charge is -2.12. The number of rotatable bonds is 7. The van der Waals surface area contributed by atoms with Crippen LogP contribution >= 0.6 is 0 Å². The summed E-state index contributed by atoms with van der Waals surface area (Å²) in [5.41, 5.74) is 6.09. The number of benzene rings is 3. The van der Waals surface area contributed by atoms with E-state index in [1.54, 1.807) is 0 Å². The molecule has 3 aromatic carbocycles. The number of aliphatic hydroxyl groups is 1. The first-order valence-electron chi connectivity index (χ1n) is 10.1. The Morgan fingerprint density at radius 2 is 1.38 bits per heavy atom. The highest BCUT2D eigenvalue weighted by molar-refractivity contribution is 5.69. The van der Waals surface area contributed by atoms with Crippen molar-refractivity contribution in [1.29, 1.82) is 0 Å². The molecule has 3 heteroatoms. The van der Waals surface area contributed by atoms with E-state index in [0.29, 0.717) is 12.2 Å². The Morgan fingerprint density at radius 3 is 2.07 bits per heavy atom. The van der Waals surface area contributed by atoms with Crippen LogP contribution in [0.25, 0.3) is 22.5 Å². The first-order valence-corrected chi connectivity index (χ1v) is 10.1.